The number of rotatable bonds is 3. The number of piperidine rings is 1. The van der Waals surface area contributed by atoms with Gasteiger partial charge < -0.3 is 24.6 Å². The van der Waals surface area contributed by atoms with Crippen molar-refractivity contribution in [3.05, 3.63) is 30.5 Å². The molecule has 0 spiro atoms. The van der Waals surface area contributed by atoms with E-state index in [4.69, 9.17) is 4.42 Å². The van der Waals surface area contributed by atoms with Crippen LogP contribution < -0.4 is 4.90 Å². The Kier molecular flexibility index (Phi) is 3.51. The van der Waals surface area contributed by atoms with Crippen LogP contribution in [0.2, 0.25) is 0 Å². The number of anilines is 1. The molecule has 1 saturated heterocycles. The van der Waals surface area contributed by atoms with Gasteiger partial charge in [-0.25, -0.2) is 0 Å². The first kappa shape index (κ1) is 12.2. The fraction of sp³-hybridized carbons (Fsp3) is 0.500. The molecule has 0 bridgehead atoms. The highest BCUT2D eigenvalue weighted by atomic mass is 16.4. The first-order valence-corrected chi connectivity index (χ1v) is 5.60. The molecular formula is C12H17NO4. The Morgan fingerprint density at radius 2 is 2.00 bits per heavy atom. The number of allylic oxidation sites excluding steroid dienone is 1. The van der Waals surface area contributed by atoms with E-state index in [0.29, 0.717) is 12.3 Å². The maximum Gasteiger partial charge on any atom is 0.198 e. The first-order chi connectivity index (χ1) is 8.13. The summed E-state index contributed by atoms with van der Waals surface area (Å²) >= 11 is 0. The Balaban J connectivity index is 2.17. The molecule has 1 fully saturated rings. The summed E-state index contributed by atoms with van der Waals surface area (Å²) in [4.78, 5) is 1.74. The summed E-state index contributed by atoms with van der Waals surface area (Å²) in [6.45, 7) is 4.16. The third-order valence-electron chi connectivity index (χ3n) is 2.98. The van der Waals surface area contributed by atoms with E-state index >= 15 is 0 Å². The molecule has 3 atom stereocenters. The minimum atomic E-state index is -1.09. The van der Waals surface area contributed by atoms with Gasteiger partial charge in [0.2, 0.25) is 0 Å². The van der Waals surface area contributed by atoms with Gasteiger partial charge in [-0.3, -0.25) is 0 Å². The van der Waals surface area contributed by atoms with Gasteiger partial charge in [0.1, 0.15) is 18.3 Å². The van der Waals surface area contributed by atoms with Crippen molar-refractivity contribution in [1.29, 1.82) is 0 Å². The van der Waals surface area contributed by atoms with Crippen LogP contribution in [0.25, 0.3) is 0 Å². The van der Waals surface area contributed by atoms with Crippen LogP contribution in [0, 0.1) is 0 Å². The summed E-state index contributed by atoms with van der Waals surface area (Å²) in [7, 11) is 0. The third-order valence-corrected chi connectivity index (χ3v) is 2.98. The van der Waals surface area contributed by atoms with E-state index in [2.05, 4.69) is 6.58 Å². The number of aliphatic hydroxyl groups excluding tert-OH is 3. The standard InChI is InChI=1S/C12H17NO4/c1-2-3-8-4-5-17-12(8)13-6-9(14)11(16)10(15)7-13/h2,4-5,9-11,14-16H,1,3,6-7H2/t9-,10?,11?/m1/s1. The van der Waals surface area contributed by atoms with E-state index < -0.39 is 18.3 Å². The molecule has 94 valence electrons. The van der Waals surface area contributed by atoms with Gasteiger partial charge in [0, 0.05) is 18.7 Å². The van der Waals surface area contributed by atoms with Crippen LogP contribution in [0.1, 0.15) is 5.56 Å². The van der Waals surface area contributed by atoms with Crippen LogP contribution in [0.3, 0.4) is 0 Å². The molecule has 1 aromatic rings. The van der Waals surface area contributed by atoms with Crippen molar-refractivity contribution >= 4 is 5.88 Å². The number of hydrogen-bond acceptors (Lipinski definition) is 5. The van der Waals surface area contributed by atoms with Crippen molar-refractivity contribution < 1.29 is 19.7 Å². The maximum atomic E-state index is 9.62. The Morgan fingerprint density at radius 3 is 2.59 bits per heavy atom. The van der Waals surface area contributed by atoms with Crippen molar-refractivity contribution in [2.24, 2.45) is 0 Å². The molecule has 5 heteroatoms. The van der Waals surface area contributed by atoms with Crippen LogP contribution in [0.5, 0.6) is 0 Å². The van der Waals surface area contributed by atoms with Crippen molar-refractivity contribution in [1.82, 2.24) is 0 Å². The highest BCUT2D eigenvalue weighted by Crippen LogP contribution is 2.26. The SMILES string of the molecule is C=CCc1ccoc1N1CC(O)C(O)[C@H](O)C1. The van der Waals surface area contributed by atoms with Gasteiger partial charge in [-0.1, -0.05) is 6.08 Å². The number of β-amino-alcohol motifs (C(OH)–C–C–N with tert-alkyl or cyclic N) is 2. The van der Waals surface area contributed by atoms with Crippen molar-refractivity contribution in [3.63, 3.8) is 0 Å². The van der Waals surface area contributed by atoms with Gasteiger partial charge in [0.15, 0.2) is 5.88 Å². The predicted molar refractivity (Wildman–Crippen MR) is 62.8 cm³/mol. The zero-order chi connectivity index (χ0) is 12.4. The zero-order valence-electron chi connectivity index (χ0n) is 9.49. The topological polar surface area (TPSA) is 77.1 Å². The van der Waals surface area contributed by atoms with Crippen molar-refractivity contribution in [2.45, 2.75) is 24.7 Å². The molecule has 2 rings (SSSR count). The first-order valence-electron chi connectivity index (χ1n) is 5.60. The minimum Gasteiger partial charge on any atom is -0.449 e. The number of hydrogen-bond donors (Lipinski definition) is 3. The minimum absolute atomic E-state index is 0.246. The fourth-order valence-electron chi connectivity index (χ4n) is 2.08. The van der Waals surface area contributed by atoms with Crippen molar-refractivity contribution in [2.75, 3.05) is 18.0 Å². The third kappa shape index (κ3) is 2.36. The van der Waals surface area contributed by atoms with E-state index in [-0.39, 0.29) is 13.1 Å². The van der Waals surface area contributed by atoms with E-state index in [9.17, 15) is 15.3 Å². The van der Waals surface area contributed by atoms with Crippen LogP contribution in [0.4, 0.5) is 5.88 Å². The second-order valence-electron chi connectivity index (χ2n) is 4.27. The van der Waals surface area contributed by atoms with E-state index in [1.165, 1.54) is 0 Å². The smallest absolute Gasteiger partial charge is 0.198 e. The quantitative estimate of drug-likeness (QED) is 0.643. The Labute approximate surface area is 99.6 Å². The average Bonchev–Trinajstić information content (AvgIpc) is 2.74. The second kappa shape index (κ2) is 4.91. The monoisotopic (exact) mass is 239 g/mol. The average molecular weight is 239 g/mol. The van der Waals surface area contributed by atoms with E-state index in [1.807, 2.05) is 6.07 Å². The predicted octanol–water partition coefficient (Wildman–Crippen LogP) is -0.0892. The van der Waals surface area contributed by atoms with E-state index in [0.717, 1.165) is 5.56 Å². The van der Waals surface area contributed by atoms with Gasteiger partial charge in [0.25, 0.3) is 0 Å². The Hall–Kier alpha value is -1.30. The number of nitrogens with zero attached hydrogens (tertiary/aromatic N) is 1. The molecular weight excluding hydrogens is 222 g/mol. The second-order valence-corrected chi connectivity index (χ2v) is 4.27. The molecule has 1 aromatic heterocycles. The molecule has 0 saturated carbocycles. The number of aliphatic hydroxyl groups is 3. The molecule has 1 aliphatic rings. The summed E-state index contributed by atoms with van der Waals surface area (Å²) in [5.74, 6) is 0.620. The van der Waals surface area contributed by atoms with Gasteiger partial charge in [0.05, 0.1) is 6.26 Å². The zero-order valence-corrected chi connectivity index (χ0v) is 9.49. The molecule has 5 nitrogen and oxygen atoms in total. The van der Waals surface area contributed by atoms with E-state index in [1.54, 1.807) is 17.2 Å². The molecule has 3 N–H and O–H groups in total. The molecule has 0 amide bonds. The summed E-state index contributed by atoms with van der Waals surface area (Å²) in [5, 5.41) is 28.7. The molecule has 0 aliphatic carbocycles. The molecule has 0 radical (unpaired) electrons. The highest BCUT2D eigenvalue weighted by Gasteiger charge is 2.35. The van der Waals surface area contributed by atoms with Gasteiger partial charge in [-0.2, -0.15) is 0 Å². The Bertz CT molecular complexity index is 378. The highest BCUT2D eigenvalue weighted by molar-refractivity contribution is 5.46. The van der Waals surface area contributed by atoms with Gasteiger partial charge >= 0.3 is 0 Å². The van der Waals surface area contributed by atoms with Gasteiger partial charge in [-0.15, -0.1) is 6.58 Å². The van der Waals surface area contributed by atoms with Crippen LogP contribution in [0.15, 0.2) is 29.4 Å². The van der Waals surface area contributed by atoms with Crippen LogP contribution >= 0.6 is 0 Å². The molecule has 2 heterocycles. The summed E-state index contributed by atoms with van der Waals surface area (Å²) < 4.78 is 5.36. The normalized spacial score (nSPS) is 29.4. The van der Waals surface area contributed by atoms with Gasteiger partial charge in [-0.05, 0) is 12.5 Å². The lowest BCUT2D eigenvalue weighted by atomic mass is 10.0. The van der Waals surface area contributed by atoms with Crippen LogP contribution in [-0.2, 0) is 6.42 Å². The molecule has 1 aliphatic heterocycles. The molecule has 0 aromatic carbocycles. The van der Waals surface area contributed by atoms with Crippen LogP contribution in [-0.4, -0.2) is 46.7 Å². The Morgan fingerprint density at radius 1 is 1.35 bits per heavy atom. The number of furan rings is 1. The lowest BCUT2D eigenvalue weighted by Gasteiger charge is -2.37. The summed E-state index contributed by atoms with van der Waals surface area (Å²) in [6.07, 6.45) is 0.958. The molecule has 17 heavy (non-hydrogen) atoms. The summed E-state index contributed by atoms with van der Waals surface area (Å²) in [5.41, 5.74) is 0.954. The summed E-state index contributed by atoms with van der Waals surface area (Å²) in [6, 6.07) is 1.83. The lowest BCUT2D eigenvalue weighted by Crippen LogP contribution is -2.55. The maximum absolute atomic E-state index is 9.62. The van der Waals surface area contributed by atoms with Crippen molar-refractivity contribution in [3.8, 4) is 0 Å². The fourth-order valence-corrected chi connectivity index (χ4v) is 2.08. The largest absolute Gasteiger partial charge is 0.449 e. The lowest BCUT2D eigenvalue weighted by molar-refractivity contribution is -0.0680. The molecule has 2 unspecified atom stereocenters.